The predicted octanol–water partition coefficient (Wildman–Crippen LogP) is 4.63. The zero-order valence-corrected chi connectivity index (χ0v) is 14.0. The standard InChI is InChI=1S/C19H25NOS/c21-18(20-5-1-3-16(20)17-4-2-6-22-17)19-10-13-7-14(11-19)9-15(8-13)12-19/h2,4,6,13-16H,1,3,5,7-12H2/t13?,14?,15?,16-,19?/m0/s1. The van der Waals surface area contributed by atoms with Crippen molar-refractivity contribution >= 4 is 17.2 Å². The SMILES string of the molecule is O=C(N1CCC[C@H]1c1cccs1)C12CC3CC(CC(C3)C1)C2. The van der Waals surface area contributed by atoms with Gasteiger partial charge >= 0.3 is 0 Å². The number of carbonyl (C=O) groups excluding carboxylic acids is 1. The normalized spacial score (nSPS) is 43.0. The molecule has 0 unspecified atom stereocenters. The summed E-state index contributed by atoms with van der Waals surface area (Å²) in [5, 5.41) is 2.15. The van der Waals surface area contributed by atoms with Crippen LogP contribution >= 0.6 is 11.3 Å². The lowest BCUT2D eigenvalue weighted by Gasteiger charge is -2.56. The number of amides is 1. The Balaban J connectivity index is 1.44. The Morgan fingerprint density at radius 2 is 1.82 bits per heavy atom. The number of rotatable bonds is 2. The minimum absolute atomic E-state index is 0.0363. The van der Waals surface area contributed by atoms with Crippen LogP contribution in [-0.2, 0) is 4.79 Å². The van der Waals surface area contributed by atoms with Crippen LogP contribution in [0.2, 0.25) is 0 Å². The minimum atomic E-state index is 0.0363. The topological polar surface area (TPSA) is 20.3 Å². The molecular weight excluding hydrogens is 290 g/mol. The van der Waals surface area contributed by atoms with Crippen molar-refractivity contribution in [3.63, 3.8) is 0 Å². The lowest BCUT2D eigenvalue weighted by Crippen LogP contribution is -2.54. The molecule has 5 aliphatic rings. The van der Waals surface area contributed by atoms with E-state index in [1.807, 2.05) is 11.3 Å². The molecule has 2 nitrogen and oxygen atoms in total. The van der Waals surface area contributed by atoms with Gasteiger partial charge in [0.15, 0.2) is 0 Å². The number of thiophene rings is 1. The van der Waals surface area contributed by atoms with Crippen molar-refractivity contribution < 1.29 is 4.79 Å². The van der Waals surface area contributed by atoms with Crippen LogP contribution in [0.3, 0.4) is 0 Å². The lowest BCUT2D eigenvalue weighted by atomic mass is 9.49. The van der Waals surface area contributed by atoms with E-state index in [2.05, 4.69) is 22.4 Å². The van der Waals surface area contributed by atoms with Crippen LogP contribution in [0, 0.1) is 23.2 Å². The molecule has 4 aliphatic carbocycles. The lowest BCUT2D eigenvalue weighted by molar-refractivity contribution is -0.158. The third-order valence-electron chi connectivity index (χ3n) is 6.88. The molecule has 4 saturated carbocycles. The molecule has 4 bridgehead atoms. The van der Waals surface area contributed by atoms with Crippen LogP contribution in [0.25, 0.3) is 0 Å². The van der Waals surface area contributed by atoms with Gasteiger partial charge in [-0.15, -0.1) is 11.3 Å². The Kier molecular flexibility index (Phi) is 2.99. The van der Waals surface area contributed by atoms with Gasteiger partial charge in [-0.3, -0.25) is 4.79 Å². The highest BCUT2D eigenvalue weighted by Crippen LogP contribution is 2.61. The molecule has 0 radical (unpaired) electrons. The van der Waals surface area contributed by atoms with Crippen LogP contribution in [0.15, 0.2) is 17.5 Å². The maximum atomic E-state index is 13.5. The van der Waals surface area contributed by atoms with Crippen molar-refractivity contribution in [1.82, 2.24) is 4.90 Å². The van der Waals surface area contributed by atoms with Gasteiger partial charge in [0.25, 0.3) is 0 Å². The van der Waals surface area contributed by atoms with Crippen molar-refractivity contribution in [2.24, 2.45) is 23.2 Å². The predicted molar refractivity (Wildman–Crippen MR) is 88.6 cm³/mol. The summed E-state index contributed by atoms with van der Waals surface area (Å²) in [6, 6.07) is 4.73. The van der Waals surface area contributed by atoms with E-state index in [4.69, 9.17) is 0 Å². The molecule has 1 atom stereocenters. The highest BCUT2D eigenvalue weighted by Gasteiger charge is 2.56. The van der Waals surface area contributed by atoms with E-state index in [1.54, 1.807) is 0 Å². The third kappa shape index (κ3) is 1.94. The van der Waals surface area contributed by atoms with Crippen LogP contribution in [0.4, 0.5) is 0 Å². The fourth-order valence-corrected chi connectivity index (χ4v) is 7.34. The van der Waals surface area contributed by atoms with Crippen molar-refractivity contribution in [2.45, 2.75) is 57.4 Å². The van der Waals surface area contributed by atoms with Crippen LogP contribution in [-0.4, -0.2) is 17.4 Å². The second-order valence-corrected chi connectivity index (χ2v) is 9.35. The summed E-state index contributed by atoms with van der Waals surface area (Å²) in [5.41, 5.74) is 0.0363. The average Bonchev–Trinajstić information content (AvgIpc) is 3.16. The van der Waals surface area contributed by atoms with Crippen molar-refractivity contribution in [1.29, 1.82) is 0 Å². The molecule has 1 amide bonds. The Morgan fingerprint density at radius 3 is 2.41 bits per heavy atom. The van der Waals surface area contributed by atoms with Gasteiger partial charge < -0.3 is 4.90 Å². The van der Waals surface area contributed by atoms with E-state index in [0.29, 0.717) is 11.9 Å². The largest absolute Gasteiger partial charge is 0.334 e. The van der Waals surface area contributed by atoms with Crippen LogP contribution in [0.5, 0.6) is 0 Å². The first kappa shape index (κ1) is 13.6. The van der Waals surface area contributed by atoms with E-state index >= 15 is 0 Å². The van der Waals surface area contributed by atoms with Crippen molar-refractivity contribution in [3.8, 4) is 0 Å². The monoisotopic (exact) mass is 315 g/mol. The smallest absolute Gasteiger partial charge is 0.229 e. The number of carbonyl (C=O) groups is 1. The van der Waals surface area contributed by atoms with Gasteiger partial charge in [-0.05, 0) is 80.6 Å². The molecule has 0 N–H and O–H groups in total. The molecule has 3 heteroatoms. The summed E-state index contributed by atoms with van der Waals surface area (Å²) < 4.78 is 0. The zero-order chi connectivity index (χ0) is 14.7. The Bertz CT molecular complexity index is 543. The zero-order valence-electron chi connectivity index (χ0n) is 13.2. The van der Waals surface area contributed by atoms with Gasteiger partial charge in [0.1, 0.15) is 0 Å². The maximum absolute atomic E-state index is 13.5. The summed E-state index contributed by atoms with van der Waals surface area (Å²) in [4.78, 5) is 17.2. The molecular formula is C19H25NOS. The summed E-state index contributed by atoms with van der Waals surface area (Å²) in [5.74, 6) is 3.11. The molecule has 2 heterocycles. The molecule has 0 aromatic carbocycles. The van der Waals surface area contributed by atoms with Crippen molar-refractivity contribution in [3.05, 3.63) is 22.4 Å². The highest BCUT2D eigenvalue weighted by molar-refractivity contribution is 7.10. The Labute approximate surface area is 136 Å². The average molecular weight is 315 g/mol. The van der Waals surface area contributed by atoms with Gasteiger partial charge in [0, 0.05) is 11.4 Å². The summed E-state index contributed by atoms with van der Waals surface area (Å²) >= 11 is 1.82. The molecule has 1 aromatic heterocycles. The van der Waals surface area contributed by atoms with Crippen LogP contribution in [0.1, 0.15) is 62.3 Å². The fourth-order valence-electron chi connectivity index (χ4n) is 6.46. The van der Waals surface area contributed by atoms with E-state index < -0.39 is 0 Å². The Hall–Kier alpha value is -0.830. The fraction of sp³-hybridized carbons (Fsp3) is 0.737. The summed E-state index contributed by atoms with van der Waals surface area (Å²) in [7, 11) is 0. The molecule has 0 spiro atoms. The number of likely N-dealkylation sites (tertiary alicyclic amines) is 1. The van der Waals surface area contributed by atoms with Gasteiger partial charge in [-0.1, -0.05) is 6.07 Å². The molecule has 22 heavy (non-hydrogen) atoms. The molecule has 118 valence electrons. The van der Waals surface area contributed by atoms with E-state index in [0.717, 1.165) is 24.3 Å². The van der Waals surface area contributed by atoms with Gasteiger partial charge in [-0.2, -0.15) is 0 Å². The van der Waals surface area contributed by atoms with Gasteiger partial charge in [0.2, 0.25) is 5.91 Å². The maximum Gasteiger partial charge on any atom is 0.229 e. The molecule has 1 saturated heterocycles. The molecule has 5 fully saturated rings. The molecule has 6 rings (SSSR count). The number of hydrogen-bond acceptors (Lipinski definition) is 2. The molecule has 1 aliphatic heterocycles. The van der Waals surface area contributed by atoms with E-state index in [1.165, 1.54) is 56.2 Å². The first-order valence-corrected chi connectivity index (χ1v) is 9.96. The van der Waals surface area contributed by atoms with E-state index in [-0.39, 0.29) is 5.41 Å². The van der Waals surface area contributed by atoms with Gasteiger partial charge in [-0.25, -0.2) is 0 Å². The third-order valence-corrected chi connectivity index (χ3v) is 7.85. The quantitative estimate of drug-likeness (QED) is 0.779. The summed E-state index contributed by atoms with van der Waals surface area (Å²) in [6.07, 6.45) is 10.2. The minimum Gasteiger partial charge on any atom is -0.334 e. The van der Waals surface area contributed by atoms with E-state index in [9.17, 15) is 4.79 Å². The summed E-state index contributed by atoms with van der Waals surface area (Å²) in [6.45, 7) is 0.989. The second-order valence-electron chi connectivity index (χ2n) is 8.37. The first-order chi connectivity index (χ1) is 10.7. The molecule has 1 aromatic rings. The first-order valence-electron chi connectivity index (χ1n) is 9.08. The second kappa shape index (κ2) is 4.83. The Morgan fingerprint density at radius 1 is 1.14 bits per heavy atom. The van der Waals surface area contributed by atoms with Crippen LogP contribution < -0.4 is 0 Å². The highest BCUT2D eigenvalue weighted by atomic mass is 32.1. The van der Waals surface area contributed by atoms with Crippen molar-refractivity contribution in [2.75, 3.05) is 6.54 Å². The number of hydrogen-bond donors (Lipinski definition) is 0. The van der Waals surface area contributed by atoms with Gasteiger partial charge in [0.05, 0.1) is 11.5 Å². The number of nitrogens with zero attached hydrogens (tertiary/aromatic N) is 1.